The Kier molecular flexibility index (Phi) is 9.60. The van der Waals surface area contributed by atoms with E-state index in [0.29, 0.717) is 48.5 Å². The summed E-state index contributed by atoms with van der Waals surface area (Å²) in [5.41, 5.74) is 1.99. The molecule has 0 radical (unpaired) electrons. The summed E-state index contributed by atoms with van der Waals surface area (Å²) in [7, 11) is 0. The molecule has 0 aliphatic carbocycles. The van der Waals surface area contributed by atoms with Crippen molar-refractivity contribution in [2.45, 2.75) is 33.1 Å². The van der Waals surface area contributed by atoms with Crippen LogP contribution in [0.25, 0.3) is 6.08 Å². The maximum Gasteiger partial charge on any atom is 0.335 e. The molecular weight excluding hydrogens is 576 g/mol. The van der Waals surface area contributed by atoms with E-state index in [1.807, 2.05) is 19.1 Å². The fourth-order valence-electron chi connectivity index (χ4n) is 4.09. The van der Waals surface area contributed by atoms with Crippen molar-refractivity contribution in [3.05, 3.63) is 87.9 Å². The molecule has 9 heteroatoms. The highest BCUT2D eigenvalue weighted by atomic mass is 79.9. The van der Waals surface area contributed by atoms with Crippen molar-refractivity contribution in [2.75, 3.05) is 24.7 Å². The number of hydrogen-bond donors (Lipinski definition) is 1. The molecule has 208 valence electrons. The number of carbonyl (C=O) groups excluding carboxylic acids is 3. The number of rotatable bonds is 11. The topological polar surface area (TPSA) is 94.2 Å². The molecular formula is C31H31BrN2O6. The largest absolute Gasteiger partial charge is 0.490 e. The maximum absolute atomic E-state index is 13.2. The number of carbonyl (C=O) groups is 3. The van der Waals surface area contributed by atoms with Crippen LogP contribution in [0.2, 0.25) is 0 Å². The van der Waals surface area contributed by atoms with Gasteiger partial charge in [0.05, 0.1) is 12.3 Å². The van der Waals surface area contributed by atoms with E-state index in [-0.39, 0.29) is 5.57 Å². The number of nitrogens with one attached hydrogen (secondary N) is 1. The van der Waals surface area contributed by atoms with Crippen LogP contribution < -0.4 is 24.4 Å². The molecule has 4 rings (SSSR count). The fourth-order valence-corrected chi connectivity index (χ4v) is 4.35. The van der Waals surface area contributed by atoms with Crippen LogP contribution >= 0.6 is 15.9 Å². The molecule has 3 aromatic rings. The van der Waals surface area contributed by atoms with Crippen LogP contribution in [-0.4, -0.2) is 37.7 Å². The van der Waals surface area contributed by atoms with Crippen LogP contribution in [-0.2, 0) is 9.59 Å². The van der Waals surface area contributed by atoms with Crippen LogP contribution in [0, 0.1) is 0 Å². The van der Waals surface area contributed by atoms with Gasteiger partial charge in [-0.2, -0.15) is 0 Å². The summed E-state index contributed by atoms with van der Waals surface area (Å²) in [6, 6.07) is 19.0. The molecule has 1 fully saturated rings. The zero-order valence-corrected chi connectivity index (χ0v) is 24.2. The fraction of sp³-hybridized carbons (Fsp3) is 0.258. The minimum Gasteiger partial charge on any atom is -0.490 e. The highest BCUT2D eigenvalue weighted by Crippen LogP contribution is 2.31. The first-order chi connectivity index (χ1) is 19.3. The third-order valence-electron chi connectivity index (χ3n) is 6.44. The van der Waals surface area contributed by atoms with Gasteiger partial charge in [0.1, 0.15) is 24.5 Å². The van der Waals surface area contributed by atoms with Gasteiger partial charge in [-0.1, -0.05) is 48.0 Å². The zero-order valence-electron chi connectivity index (χ0n) is 22.6. The molecule has 40 heavy (non-hydrogen) atoms. The predicted molar refractivity (Wildman–Crippen MR) is 157 cm³/mol. The number of imide groups is 2. The molecule has 1 heterocycles. The molecule has 1 N–H and O–H groups in total. The summed E-state index contributed by atoms with van der Waals surface area (Å²) in [6.07, 6.45) is 2.51. The van der Waals surface area contributed by atoms with Crippen molar-refractivity contribution in [1.29, 1.82) is 0 Å². The van der Waals surface area contributed by atoms with Gasteiger partial charge < -0.3 is 14.2 Å². The normalized spacial score (nSPS) is 15.2. The van der Waals surface area contributed by atoms with Crippen LogP contribution in [0.15, 0.2) is 76.8 Å². The van der Waals surface area contributed by atoms with Gasteiger partial charge in [-0.15, -0.1) is 0 Å². The van der Waals surface area contributed by atoms with E-state index in [9.17, 15) is 14.4 Å². The second-order valence-corrected chi connectivity index (χ2v) is 10.1. The third-order valence-corrected chi connectivity index (χ3v) is 6.96. The molecule has 1 atom stereocenters. The predicted octanol–water partition coefficient (Wildman–Crippen LogP) is 6.49. The number of ether oxygens (including phenoxy) is 3. The Hall–Kier alpha value is -4.11. The second kappa shape index (κ2) is 13.3. The molecule has 0 saturated carbocycles. The first kappa shape index (κ1) is 28.9. The first-order valence-electron chi connectivity index (χ1n) is 13.1. The lowest BCUT2D eigenvalue weighted by molar-refractivity contribution is -0.122. The smallest absolute Gasteiger partial charge is 0.335 e. The van der Waals surface area contributed by atoms with Crippen LogP contribution in [0.3, 0.4) is 0 Å². The number of amides is 4. The Morgan fingerprint density at radius 3 is 2.25 bits per heavy atom. The summed E-state index contributed by atoms with van der Waals surface area (Å²) in [5, 5.41) is 2.23. The molecule has 1 aliphatic rings. The molecule has 0 spiro atoms. The van der Waals surface area contributed by atoms with E-state index in [4.69, 9.17) is 14.2 Å². The summed E-state index contributed by atoms with van der Waals surface area (Å²) in [5.74, 6) is 0.755. The van der Waals surface area contributed by atoms with E-state index in [1.54, 1.807) is 42.5 Å². The van der Waals surface area contributed by atoms with Gasteiger partial charge in [-0.25, -0.2) is 9.69 Å². The van der Waals surface area contributed by atoms with Gasteiger partial charge in [-0.3, -0.25) is 14.9 Å². The van der Waals surface area contributed by atoms with Gasteiger partial charge in [0.25, 0.3) is 11.8 Å². The minimum absolute atomic E-state index is 0.175. The molecule has 1 unspecified atom stereocenters. The van der Waals surface area contributed by atoms with Crippen molar-refractivity contribution in [1.82, 2.24) is 5.32 Å². The summed E-state index contributed by atoms with van der Waals surface area (Å²) in [4.78, 5) is 39.1. The lowest BCUT2D eigenvalue weighted by atomic mass is 9.99. The monoisotopic (exact) mass is 606 g/mol. The van der Waals surface area contributed by atoms with Crippen LogP contribution in [0.4, 0.5) is 10.5 Å². The number of nitrogens with zero attached hydrogens (tertiary/aromatic N) is 1. The van der Waals surface area contributed by atoms with E-state index < -0.39 is 17.8 Å². The van der Waals surface area contributed by atoms with Crippen LogP contribution in [0.5, 0.6) is 17.2 Å². The van der Waals surface area contributed by atoms with Gasteiger partial charge in [0.2, 0.25) is 0 Å². The lowest BCUT2D eigenvalue weighted by Crippen LogP contribution is -2.54. The first-order valence-corrected chi connectivity index (χ1v) is 13.9. The Labute approximate surface area is 242 Å². The number of halogens is 1. The summed E-state index contributed by atoms with van der Waals surface area (Å²) >= 11 is 3.33. The highest BCUT2D eigenvalue weighted by molar-refractivity contribution is 9.10. The zero-order chi connectivity index (χ0) is 28.6. The van der Waals surface area contributed by atoms with Crippen LogP contribution in [0.1, 0.15) is 44.2 Å². The number of benzene rings is 3. The van der Waals surface area contributed by atoms with Crippen molar-refractivity contribution < 1.29 is 28.6 Å². The van der Waals surface area contributed by atoms with E-state index in [2.05, 4.69) is 47.2 Å². The number of barbiturate groups is 1. The highest BCUT2D eigenvalue weighted by Gasteiger charge is 2.36. The lowest BCUT2D eigenvalue weighted by Gasteiger charge is -2.26. The molecule has 1 saturated heterocycles. The number of urea groups is 1. The van der Waals surface area contributed by atoms with E-state index in [0.717, 1.165) is 21.5 Å². The van der Waals surface area contributed by atoms with Crippen molar-refractivity contribution in [3.8, 4) is 17.2 Å². The van der Waals surface area contributed by atoms with E-state index >= 15 is 0 Å². The number of hydrogen-bond acceptors (Lipinski definition) is 6. The quantitative estimate of drug-likeness (QED) is 0.152. The molecule has 4 amide bonds. The standard InChI is InChI=1S/C31H31BrN2O6/c1-4-20(3)22-7-13-25(14-8-22)39-16-17-40-27-15-6-21(19-28(27)38-5-2)18-26-29(35)33-31(37)34(30(26)36)24-11-9-23(32)10-12-24/h6-15,18-20H,4-5,16-17H2,1-3H3,(H,33,35,37)/b26-18-. The molecule has 3 aromatic carbocycles. The Morgan fingerprint density at radius 1 is 0.875 bits per heavy atom. The molecule has 0 aromatic heterocycles. The average molecular weight is 608 g/mol. The minimum atomic E-state index is -0.804. The second-order valence-electron chi connectivity index (χ2n) is 9.15. The Morgan fingerprint density at radius 2 is 1.57 bits per heavy atom. The summed E-state index contributed by atoms with van der Waals surface area (Å²) in [6.45, 7) is 7.23. The van der Waals surface area contributed by atoms with Gasteiger partial charge in [0.15, 0.2) is 11.5 Å². The summed E-state index contributed by atoms with van der Waals surface area (Å²) < 4.78 is 18.3. The molecule has 8 nitrogen and oxygen atoms in total. The average Bonchev–Trinajstić information content (AvgIpc) is 2.95. The SMILES string of the molecule is CCOc1cc(/C=C2/C(=O)NC(=O)N(c3ccc(Br)cc3)C2=O)ccc1OCCOc1ccc(C(C)CC)cc1. The molecule has 0 bridgehead atoms. The van der Waals surface area contributed by atoms with Crippen molar-refractivity contribution in [3.63, 3.8) is 0 Å². The van der Waals surface area contributed by atoms with Gasteiger partial charge >= 0.3 is 6.03 Å². The van der Waals surface area contributed by atoms with E-state index in [1.165, 1.54) is 11.6 Å². The molecule has 1 aliphatic heterocycles. The van der Waals surface area contributed by atoms with Crippen molar-refractivity contribution >= 4 is 45.5 Å². The van der Waals surface area contributed by atoms with Gasteiger partial charge in [-0.05, 0) is 85.0 Å². The number of anilines is 1. The van der Waals surface area contributed by atoms with Gasteiger partial charge in [0, 0.05) is 4.47 Å². The Balaban J connectivity index is 1.45. The maximum atomic E-state index is 13.2. The third kappa shape index (κ3) is 6.90. The van der Waals surface area contributed by atoms with Crippen molar-refractivity contribution in [2.24, 2.45) is 0 Å². The Bertz CT molecular complexity index is 1400.